The summed E-state index contributed by atoms with van der Waals surface area (Å²) in [6.45, 7) is 3.57. The first-order valence-corrected chi connectivity index (χ1v) is 8.26. The lowest BCUT2D eigenvalue weighted by molar-refractivity contribution is 0.0120. The van der Waals surface area contributed by atoms with Crippen LogP contribution in [0.4, 0.5) is 5.82 Å². The fourth-order valence-corrected chi connectivity index (χ4v) is 3.71. The maximum Gasteiger partial charge on any atom is 0.142 e. The summed E-state index contributed by atoms with van der Waals surface area (Å²) in [5.74, 6) is 0.743. The second-order valence-electron chi connectivity index (χ2n) is 6.65. The van der Waals surface area contributed by atoms with Gasteiger partial charge in [0, 0.05) is 31.6 Å². The van der Waals surface area contributed by atoms with Crippen LogP contribution >= 0.6 is 0 Å². The number of likely N-dealkylation sites (tertiary alicyclic amines) is 1. The Kier molecular flexibility index (Phi) is 3.97. The molecule has 0 amide bonds. The number of ether oxygens (including phenoxy) is 1. The average molecular weight is 324 g/mol. The highest BCUT2D eigenvalue weighted by atomic mass is 16.5. The van der Waals surface area contributed by atoms with Crippen LogP contribution in [-0.2, 0) is 11.3 Å². The van der Waals surface area contributed by atoms with Crippen molar-refractivity contribution in [1.82, 2.24) is 9.88 Å². The lowest BCUT2D eigenvalue weighted by Gasteiger charge is -2.23. The van der Waals surface area contributed by atoms with Crippen molar-refractivity contribution in [2.24, 2.45) is 0 Å². The number of nitriles is 1. The second kappa shape index (κ2) is 6.27. The molecule has 2 aliphatic heterocycles. The van der Waals surface area contributed by atoms with Crippen molar-refractivity contribution in [3.05, 3.63) is 48.0 Å². The van der Waals surface area contributed by atoms with Crippen LogP contribution in [-0.4, -0.2) is 41.2 Å². The molecule has 2 aliphatic rings. The minimum absolute atomic E-state index is 0.0613. The lowest BCUT2D eigenvalue weighted by Crippen LogP contribution is -2.33. The van der Waals surface area contributed by atoms with Crippen molar-refractivity contribution in [1.29, 1.82) is 5.26 Å². The summed E-state index contributed by atoms with van der Waals surface area (Å²) >= 11 is 0. The van der Waals surface area contributed by atoms with Gasteiger partial charge >= 0.3 is 0 Å². The van der Waals surface area contributed by atoms with E-state index in [4.69, 9.17) is 14.4 Å². The molecule has 1 spiro atoms. The van der Waals surface area contributed by atoms with Gasteiger partial charge in [0.2, 0.25) is 0 Å². The number of pyridine rings is 1. The number of nitrogens with one attached hydrogen (secondary N) is 1. The third-order valence-corrected chi connectivity index (χ3v) is 4.81. The van der Waals surface area contributed by atoms with E-state index in [0.717, 1.165) is 38.3 Å². The third kappa shape index (κ3) is 3.14. The van der Waals surface area contributed by atoms with Gasteiger partial charge in [0.25, 0.3) is 0 Å². The maximum atomic E-state index is 8.95. The van der Waals surface area contributed by atoms with Gasteiger partial charge in [-0.2, -0.15) is 5.26 Å². The molecule has 4 heterocycles. The number of rotatable bonds is 4. The van der Waals surface area contributed by atoms with Gasteiger partial charge in [-0.15, -0.1) is 0 Å². The van der Waals surface area contributed by atoms with Crippen LogP contribution in [0.3, 0.4) is 0 Å². The van der Waals surface area contributed by atoms with Gasteiger partial charge in [-0.3, -0.25) is 4.90 Å². The van der Waals surface area contributed by atoms with Crippen LogP contribution in [0.1, 0.15) is 24.1 Å². The first-order valence-electron chi connectivity index (χ1n) is 8.26. The summed E-state index contributed by atoms with van der Waals surface area (Å²) < 4.78 is 11.3. The zero-order valence-corrected chi connectivity index (χ0v) is 13.4. The van der Waals surface area contributed by atoms with E-state index in [1.54, 1.807) is 18.6 Å². The molecule has 2 aromatic heterocycles. The fourth-order valence-electron chi connectivity index (χ4n) is 3.71. The normalized spacial score (nSPS) is 26.7. The van der Waals surface area contributed by atoms with Crippen LogP contribution in [0.15, 0.2) is 41.2 Å². The number of hydrogen-bond acceptors (Lipinski definition) is 6. The number of anilines is 1. The van der Waals surface area contributed by atoms with E-state index in [2.05, 4.69) is 21.3 Å². The number of nitrogens with zero attached hydrogens (tertiary/aromatic N) is 3. The maximum absolute atomic E-state index is 8.95. The Morgan fingerprint density at radius 1 is 1.42 bits per heavy atom. The minimum atomic E-state index is -0.0613. The molecule has 2 fully saturated rings. The van der Waals surface area contributed by atoms with Gasteiger partial charge in [-0.1, -0.05) is 6.07 Å². The smallest absolute Gasteiger partial charge is 0.142 e. The van der Waals surface area contributed by atoms with E-state index < -0.39 is 0 Å². The van der Waals surface area contributed by atoms with E-state index >= 15 is 0 Å². The molecule has 2 aromatic rings. The molecule has 6 heteroatoms. The first-order chi connectivity index (χ1) is 11.7. The molecule has 0 bridgehead atoms. The molecule has 0 unspecified atom stereocenters. The average Bonchev–Trinajstić information content (AvgIpc) is 3.32. The van der Waals surface area contributed by atoms with Crippen LogP contribution in [0.2, 0.25) is 0 Å². The fraction of sp³-hybridized carbons (Fsp3) is 0.444. The predicted octanol–water partition coefficient (Wildman–Crippen LogP) is 2.39. The standard InChI is InChI=1S/C18H20N4O2/c19-9-15-2-1-3-17(20-15)21-16-8-18(24-12-16)5-6-22(13-18)10-14-4-7-23-11-14/h1-4,7,11,16H,5-6,8,10,12-13H2,(H,20,21)/t16-,18+/m0/s1. The van der Waals surface area contributed by atoms with E-state index in [-0.39, 0.29) is 11.6 Å². The number of aromatic nitrogens is 1. The minimum Gasteiger partial charge on any atom is -0.472 e. The Hall–Kier alpha value is -2.36. The Bertz CT molecular complexity index is 740. The zero-order valence-electron chi connectivity index (χ0n) is 13.4. The molecule has 6 nitrogen and oxygen atoms in total. The van der Waals surface area contributed by atoms with Gasteiger partial charge in [-0.25, -0.2) is 4.98 Å². The van der Waals surface area contributed by atoms with Crippen molar-refractivity contribution in [3.8, 4) is 6.07 Å². The van der Waals surface area contributed by atoms with Crippen molar-refractivity contribution in [3.63, 3.8) is 0 Å². The topological polar surface area (TPSA) is 74.3 Å². The van der Waals surface area contributed by atoms with E-state index in [1.807, 2.05) is 18.2 Å². The molecule has 4 rings (SSSR count). The lowest BCUT2D eigenvalue weighted by atomic mass is 9.97. The highest BCUT2D eigenvalue weighted by Gasteiger charge is 2.45. The van der Waals surface area contributed by atoms with E-state index in [9.17, 15) is 0 Å². The van der Waals surface area contributed by atoms with Crippen LogP contribution < -0.4 is 5.32 Å². The SMILES string of the molecule is N#Cc1cccc(N[C@@H]2CO[C@]3(CCN(Cc4ccoc4)C3)C2)n1. The van der Waals surface area contributed by atoms with Crippen LogP contribution in [0.5, 0.6) is 0 Å². The third-order valence-electron chi connectivity index (χ3n) is 4.81. The second-order valence-corrected chi connectivity index (χ2v) is 6.65. The van der Waals surface area contributed by atoms with Crippen molar-refractivity contribution in [2.75, 3.05) is 25.0 Å². The molecule has 2 atom stereocenters. The Morgan fingerprint density at radius 3 is 3.21 bits per heavy atom. The largest absolute Gasteiger partial charge is 0.472 e. The molecule has 124 valence electrons. The van der Waals surface area contributed by atoms with Crippen molar-refractivity contribution >= 4 is 5.82 Å². The Labute approximate surface area is 141 Å². The number of hydrogen-bond donors (Lipinski definition) is 1. The molecule has 1 N–H and O–H groups in total. The molecule has 24 heavy (non-hydrogen) atoms. The monoisotopic (exact) mass is 324 g/mol. The number of furan rings is 1. The van der Waals surface area contributed by atoms with Gasteiger partial charge in [0.05, 0.1) is 30.8 Å². The predicted molar refractivity (Wildman–Crippen MR) is 88.3 cm³/mol. The van der Waals surface area contributed by atoms with Crippen LogP contribution in [0.25, 0.3) is 0 Å². The summed E-state index contributed by atoms with van der Waals surface area (Å²) in [5, 5.41) is 12.4. The van der Waals surface area contributed by atoms with Gasteiger partial charge in [0.15, 0.2) is 0 Å². The summed E-state index contributed by atoms with van der Waals surface area (Å²) in [6.07, 6.45) is 5.54. The van der Waals surface area contributed by atoms with E-state index in [0.29, 0.717) is 12.3 Å². The molecule has 0 saturated carbocycles. The molecule has 0 aromatic carbocycles. The zero-order chi connectivity index (χ0) is 16.4. The molecular weight excluding hydrogens is 304 g/mol. The summed E-state index contributed by atoms with van der Waals surface area (Å²) in [7, 11) is 0. The molecular formula is C18H20N4O2. The molecule has 2 saturated heterocycles. The Balaban J connectivity index is 1.35. The highest BCUT2D eigenvalue weighted by Crippen LogP contribution is 2.36. The summed E-state index contributed by atoms with van der Waals surface area (Å²) in [6, 6.07) is 9.77. The van der Waals surface area contributed by atoms with Gasteiger partial charge in [0.1, 0.15) is 17.6 Å². The first kappa shape index (κ1) is 15.2. The van der Waals surface area contributed by atoms with Crippen molar-refractivity contribution in [2.45, 2.75) is 31.0 Å². The van der Waals surface area contributed by atoms with E-state index in [1.165, 1.54) is 5.56 Å². The quantitative estimate of drug-likeness (QED) is 0.931. The summed E-state index contributed by atoms with van der Waals surface area (Å²) in [4.78, 5) is 6.70. The van der Waals surface area contributed by atoms with Gasteiger partial charge in [-0.05, 0) is 24.6 Å². The van der Waals surface area contributed by atoms with Crippen LogP contribution in [0, 0.1) is 11.3 Å². The Morgan fingerprint density at radius 2 is 2.38 bits per heavy atom. The molecule has 0 radical (unpaired) electrons. The van der Waals surface area contributed by atoms with Gasteiger partial charge < -0.3 is 14.5 Å². The molecule has 0 aliphatic carbocycles. The van der Waals surface area contributed by atoms with Crippen molar-refractivity contribution < 1.29 is 9.15 Å². The highest BCUT2D eigenvalue weighted by molar-refractivity contribution is 5.39. The summed E-state index contributed by atoms with van der Waals surface area (Å²) in [5.41, 5.74) is 1.58.